The Kier molecular flexibility index (Phi) is 6.75. The second-order valence-corrected chi connectivity index (χ2v) is 7.54. The summed E-state index contributed by atoms with van der Waals surface area (Å²) < 4.78 is 0. The normalized spacial score (nSPS) is 10.7. The highest BCUT2D eigenvalue weighted by Crippen LogP contribution is 2.28. The number of carboxylic acid groups (broad SMARTS) is 1. The topological polar surface area (TPSA) is 83.5 Å². The van der Waals surface area contributed by atoms with Crippen LogP contribution in [0.2, 0.25) is 0 Å². The highest BCUT2D eigenvalue weighted by atomic mass is 16.4. The van der Waals surface area contributed by atoms with Crippen LogP contribution in [0.3, 0.4) is 0 Å². The molecule has 4 aromatic carbocycles. The highest BCUT2D eigenvalue weighted by Gasteiger charge is 2.17. The van der Waals surface area contributed by atoms with Crippen LogP contribution in [-0.2, 0) is 0 Å². The Hall–Kier alpha value is -4.77. The Morgan fingerprint density at radius 1 is 0.676 bits per heavy atom. The number of hydrogen-bond donors (Lipinski definition) is 2. The van der Waals surface area contributed by atoms with Crippen molar-refractivity contribution >= 4 is 29.4 Å². The van der Waals surface area contributed by atoms with Crippen molar-refractivity contribution in [3.8, 4) is 11.1 Å². The van der Waals surface area contributed by atoms with Crippen LogP contribution in [0.1, 0.15) is 36.6 Å². The third-order valence-corrected chi connectivity index (χ3v) is 5.25. The van der Waals surface area contributed by atoms with Crippen LogP contribution < -0.4 is 5.32 Å². The van der Waals surface area contributed by atoms with E-state index in [1.165, 1.54) is 12.1 Å². The summed E-state index contributed by atoms with van der Waals surface area (Å²) in [4.78, 5) is 37.1. The number of carboxylic acids is 1. The van der Waals surface area contributed by atoms with E-state index in [1.54, 1.807) is 78.9 Å². The van der Waals surface area contributed by atoms with Gasteiger partial charge in [0, 0.05) is 16.8 Å². The fourth-order valence-electron chi connectivity index (χ4n) is 3.61. The van der Waals surface area contributed by atoms with Crippen LogP contribution in [0.5, 0.6) is 0 Å². The predicted octanol–water partition coefficient (Wildman–Crippen LogP) is 6.20. The largest absolute Gasteiger partial charge is 0.478 e. The summed E-state index contributed by atoms with van der Waals surface area (Å²) in [7, 11) is 0. The molecule has 0 unspecified atom stereocenters. The van der Waals surface area contributed by atoms with E-state index in [0.29, 0.717) is 27.9 Å². The van der Waals surface area contributed by atoms with Gasteiger partial charge in [0.1, 0.15) is 0 Å². The minimum absolute atomic E-state index is 0.110. The number of nitrogens with one attached hydrogen (secondary N) is 1. The first-order chi connectivity index (χ1) is 16.5. The van der Waals surface area contributed by atoms with Crippen molar-refractivity contribution in [1.29, 1.82) is 0 Å². The Bertz CT molecular complexity index is 1390. The quantitative estimate of drug-likeness (QED) is 0.261. The van der Waals surface area contributed by atoms with Crippen molar-refractivity contribution in [2.45, 2.75) is 0 Å². The summed E-state index contributed by atoms with van der Waals surface area (Å²) in [6.07, 6.45) is 3.19. The Balaban J connectivity index is 1.57. The molecule has 4 aromatic rings. The van der Waals surface area contributed by atoms with Gasteiger partial charge in [0.05, 0.1) is 5.56 Å². The molecular formula is C29H21NO4. The molecule has 0 aliphatic heterocycles. The second-order valence-electron chi connectivity index (χ2n) is 7.54. The van der Waals surface area contributed by atoms with E-state index in [1.807, 2.05) is 24.3 Å². The van der Waals surface area contributed by atoms with E-state index in [4.69, 9.17) is 0 Å². The number of carbonyl (C=O) groups excluding carboxylic acids is 2. The average Bonchev–Trinajstić information content (AvgIpc) is 2.88. The molecule has 0 bridgehead atoms. The maximum absolute atomic E-state index is 13.1. The van der Waals surface area contributed by atoms with Crippen LogP contribution in [0.25, 0.3) is 17.2 Å². The highest BCUT2D eigenvalue weighted by molar-refractivity contribution is 6.10. The minimum Gasteiger partial charge on any atom is -0.478 e. The number of allylic oxidation sites excluding steroid dienone is 1. The Morgan fingerprint density at radius 2 is 1.29 bits per heavy atom. The predicted molar refractivity (Wildman–Crippen MR) is 133 cm³/mol. The molecule has 0 aliphatic carbocycles. The van der Waals surface area contributed by atoms with Crippen molar-refractivity contribution in [2.75, 3.05) is 5.32 Å². The molecule has 0 aliphatic rings. The molecule has 0 fully saturated rings. The first-order valence-corrected chi connectivity index (χ1v) is 10.6. The lowest BCUT2D eigenvalue weighted by Crippen LogP contribution is -2.13. The number of benzene rings is 4. The lowest BCUT2D eigenvalue weighted by atomic mass is 9.95. The minimum atomic E-state index is -1.06. The van der Waals surface area contributed by atoms with E-state index >= 15 is 0 Å². The molecule has 0 saturated heterocycles. The van der Waals surface area contributed by atoms with Crippen molar-refractivity contribution in [2.24, 2.45) is 0 Å². The maximum atomic E-state index is 13.1. The molecule has 1 amide bonds. The number of anilines is 1. The van der Waals surface area contributed by atoms with Gasteiger partial charge >= 0.3 is 5.97 Å². The Morgan fingerprint density at radius 3 is 2.00 bits per heavy atom. The first kappa shape index (κ1) is 22.4. The van der Waals surface area contributed by atoms with Crippen molar-refractivity contribution in [1.82, 2.24) is 0 Å². The summed E-state index contributed by atoms with van der Waals surface area (Å²) in [6, 6.07) is 29.6. The van der Waals surface area contributed by atoms with Crippen LogP contribution in [0, 0.1) is 0 Å². The van der Waals surface area contributed by atoms with E-state index in [-0.39, 0.29) is 17.3 Å². The average molecular weight is 447 g/mol. The summed E-state index contributed by atoms with van der Waals surface area (Å²) in [5.74, 6) is -1.53. The van der Waals surface area contributed by atoms with E-state index in [0.717, 1.165) is 5.56 Å². The first-order valence-electron chi connectivity index (χ1n) is 10.6. The standard InChI is InChI=1S/C29H21NO4/c31-27(21-10-2-1-3-11-21)18-17-20-9-8-12-22(19-20)30-28(32)25-15-6-4-13-23(25)24-14-5-7-16-26(24)29(33)34/h1-19H,(H,30,32)(H,33,34)/b18-17+. The molecule has 166 valence electrons. The second kappa shape index (κ2) is 10.2. The van der Waals surface area contributed by atoms with Crippen molar-refractivity contribution in [3.63, 3.8) is 0 Å². The molecule has 5 nitrogen and oxygen atoms in total. The fraction of sp³-hybridized carbons (Fsp3) is 0. The smallest absolute Gasteiger partial charge is 0.336 e. The lowest BCUT2D eigenvalue weighted by Gasteiger charge is -2.12. The zero-order valence-corrected chi connectivity index (χ0v) is 18.1. The monoisotopic (exact) mass is 447 g/mol. The molecule has 0 heterocycles. The van der Waals surface area contributed by atoms with Crippen LogP contribution in [0.15, 0.2) is 109 Å². The summed E-state index contributed by atoms with van der Waals surface area (Å²) in [5.41, 5.74) is 3.39. The van der Waals surface area contributed by atoms with Crippen LogP contribution in [-0.4, -0.2) is 22.8 Å². The van der Waals surface area contributed by atoms with Gasteiger partial charge in [-0.1, -0.05) is 84.9 Å². The van der Waals surface area contributed by atoms with E-state index < -0.39 is 5.97 Å². The lowest BCUT2D eigenvalue weighted by molar-refractivity contribution is 0.0697. The van der Waals surface area contributed by atoms with Gasteiger partial charge < -0.3 is 10.4 Å². The fourth-order valence-corrected chi connectivity index (χ4v) is 3.61. The van der Waals surface area contributed by atoms with Crippen LogP contribution in [0.4, 0.5) is 5.69 Å². The van der Waals surface area contributed by atoms with Crippen LogP contribution >= 0.6 is 0 Å². The SMILES string of the molecule is O=C(/C=C/c1cccc(NC(=O)c2ccccc2-c2ccccc2C(=O)O)c1)c1ccccc1. The molecule has 0 spiro atoms. The zero-order chi connectivity index (χ0) is 23.9. The molecule has 2 N–H and O–H groups in total. The van der Waals surface area contributed by atoms with E-state index in [2.05, 4.69) is 5.32 Å². The van der Waals surface area contributed by atoms with Gasteiger partial charge in [0.25, 0.3) is 5.91 Å². The van der Waals surface area contributed by atoms with Crippen molar-refractivity contribution < 1.29 is 19.5 Å². The van der Waals surface area contributed by atoms with Gasteiger partial charge in [0.2, 0.25) is 0 Å². The van der Waals surface area contributed by atoms with Gasteiger partial charge in [-0.25, -0.2) is 4.79 Å². The molecule has 0 radical (unpaired) electrons. The molecule has 5 heteroatoms. The Labute approximate surface area is 197 Å². The van der Waals surface area contributed by atoms with Crippen molar-refractivity contribution in [3.05, 3.63) is 131 Å². The van der Waals surface area contributed by atoms with Gasteiger partial charge in [-0.2, -0.15) is 0 Å². The molecular weight excluding hydrogens is 426 g/mol. The zero-order valence-electron chi connectivity index (χ0n) is 18.1. The number of ketones is 1. The van der Waals surface area contributed by atoms with E-state index in [9.17, 15) is 19.5 Å². The number of carbonyl (C=O) groups is 3. The molecule has 0 aromatic heterocycles. The van der Waals surface area contributed by atoms with Gasteiger partial charge in [0.15, 0.2) is 5.78 Å². The molecule has 0 atom stereocenters. The summed E-state index contributed by atoms with van der Waals surface area (Å²) in [5, 5.41) is 12.4. The maximum Gasteiger partial charge on any atom is 0.336 e. The molecule has 0 saturated carbocycles. The van der Waals surface area contributed by atoms with Gasteiger partial charge in [-0.3, -0.25) is 9.59 Å². The molecule has 34 heavy (non-hydrogen) atoms. The molecule has 4 rings (SSSR count). The van der Waals surface area contributed by atoms with Gasteiger partial charge in [-0.05, 0) is 47.0 Å². The number of aromatic carboxylic acids is 1. The number of hydrogen-bond acceptors (Lipinski definition) is 3. The third-order valence-electron chi connectivity index (χ3n) is 5.25. The van der Waals surface area contributed by atoms with Gasteiger partial charge in [-0.15, -0.1) is 0 Å². The summed E-state index contributed by atoms with van der Waals surface area (Å²) in [6.45, 7) is 0. The third kappa shape index (κ3) is 5.16. The number of rotatable bonds is 7. The summed E-state index contributed by atoms with van der Waals surface area (Å²) >= 11 is 0. The number of amides is 1.